The molecule has 0 spiro atoms. The zero-order valence-electron chi connectivity index (χ0n) is 12.6. The van der Waals surface area contributed by atoms with E-state index in [1.807, 2.05) is 6.07 Å². The number of nitrogens with zero attached hydrogens (tertiary/aromatic N) is 2. The van der Waals surface area contributed by atoms with Gasteiger partial charge in [0, 0.05) is 43.4 Å². The fourth-order valence-corrected chi connectivity index (χ4v) is 5.86. The van der Waals surface area contributed by atoms with Crippen molar-refractivity contribution in [2.45, 2.75) is 50.6 Å². The van der Waals surface area contributed by atoms with Crippen LogP contribution in [-0.4, -0.2) is 28.6 Å². The summed E-state index contributed by atoms with van der Waals surface area (Å²) in [4.78, 5) is 14.9. The van der Waals surface area contributed by atoms with Gasteiger partial charge in [-0.3, -0.25) is 9.69 Å². The van der Waals surface area contributed by atoms with E-state index < -0.39 is 0 Å². The van der Waals surface area contributed by atoms with Gasteiger partial charge in [-0.15, -0.1) is 0 Å². The lowest BCUT2D eigenvalue weighted by atomic mass is 9.81. The van der Waals surface area contributed by atoms with E-state index in [9.17, 15) is 4.79 Å². The van der Waals surface area contributed by atoms with Gasteiger partial charge >= 0.3 is 0 Å². The normalized spacial score (nSPS) is 41.2. The summed E-state index contributed by atoms with van der Waals surface area (Å²) in [5, 5.41) is 0. The minimum atomic E-state index is 0.204. The SMILES string of the molecule is O=c1cccc2n1C[C@@H]1C[C@H]2CN([C@@H]2C[C@@H]3CC[C@@H]2C3)C1. The van der Waals surface area contributed by atoms with Crippen molar-refractivity contribution in [1.82, 2.24) is 9.47 Å². The lowest BCUT2D eigenvalue weighted by Gasteiger charge is -2.46. The molecule has 1 aromatic rings. The molecule has 2 aliphatic carbocycles. The number of likely N-dealkylation sites (tertiary alicyclic amines) is 1. The molecule has 1 saturated heterocycles. The van der Waals surface area contributed by atoms with Crippen LogP contribution in [0.3, 0.4) is 0 Å². The summed E-state index contributed by atoms with van der Waals surface area (Å²) < 4.78 is 2.05. The molecule has 3 heterocycles. The lowest BCUT2D eigenvalue weighted by Crippen LogP contribution is -2.51. The molecule has 112 valence electrons. The molecule has 0 N–H and O–H groups in total. The topological polar surface area (TPSA) is 25.2 Å². The molecule has 0 amide bonds. The molecule has 0 radical (unpaired) electrons. The third kappa shape index (κ3) is 1.86. The molecule has 3 heteroatoms. The van der Waals surface area contributed by atoms with Gasteiger partial charge < -0.3 is 4.57 Å². The summed E-state index contributed by atoms with van der Waals surface area (Å²) in [6, 6.07) is 6.71. The minimum absolute atomic E-state index is 0.204. The maximum atomic E-state index is 12.1. The highest BCUT2D eigenvalue weighted by atomic mass is 16.1. The minimum Gasteiger partial charge on any atom is -0.312 e. The quantitative estimate of drug-likeness (QED) is 0.791. The number of aromatic nitrogens is 1. The Morgan fingerprint density at radius 3 is 2.71 bits per heavy atom. The van der Waals surface area contributed by atoms with Gasteiger partial charge in [0.05, 0.1) is 0 Å². The lowest BCUT2D eigenvalue weighted by molar-refractivity contribution is 0.0570. The fraction of sp³-hybridized carbons (Fsp3) is 0.722. The van der Waals surface area contributed by atoms with Crippen LogP contribution in [0.5, 0.6) is 0 Å². The zero-order valence-corrected chi connectivity index (χ0v) is 12.6. The van der Waals surface area contributed by atoms with E-state index in [1.54, 1.807) is 6.07 Å². The van der Waals surface area contributed by atoms with Crippen molar-refractivity contribution in [3.05, 3.63) is 34.2 Å². The van der Waals surface area contributed by atoms with E-state index in [2.05, 4.69) is 15.5 Å². The summed E-state index contributed by atoms with van der Waals surface area (Å²) in [6.07, 6.45) is 7.19. The second kappa shape index (κ2) is 4.45. The molecule has 2 saturated carbocycles. The molecule has 4 bridgehead atoms. The summed E-state index contributed by atoms with van der Waals surface area (Å²) >= 11 is 0. The van der Waals surface area contributed by atoms with Gasteiger partial charge in [-0.2, -0.15) is 0 Å². The largest absolute Gasteiger partial charge is 0.312 e. The molecule has 5 atom stereocenters. The van der Waals surface area contributed by atoms with E-state index in [4.69, 9.17) is 0 Å². The second-order valence-electron chi connectivity index (χ2n) is 7.89. The van der Waals surface area contributed by atoms with Crippen molar-refractivity contribution >= 4 is 0 Å². The van der Waals surface area contributed by atoms with Crippen LogP contribution in [0.1, 0.15) is 43.7 Å². The molecule has 3 fully saturated rings. The highest BCUT2D eigenvalue weighted by molar-refractivity contribution is 5.17. The van der Waals surface area contributed by atoms with Crippen molar-refractivity contribution in [3.63, 3.8) is 0 Å². The number of fused-ring (bicyclic) bond motifs is 6. The van der Waals surface area contributed by atoms with E-state index in [0.717, 1.165) is 24.4 Å². The molecular formula is C18H24N2O. The van der Waals surface area contributed by atoms with E-state index >= 15 is 0 Å². The summed E-state index contributed by atoms with van der Waals surface area (Å²) in [5.41, 5.74) is 1.50. The number of hydrogen-bond acceptors (Lipinski definition) is 2. The summed E-state index contributed by atoms with van der Waals surface area (Å²) in [5.74, 6) is 3.28. The highest BCUT2D eigenvalue weighted by Gasteiger charge is 2.45. The molecule has 3 nitrogen and oxygen atoms in total. The Morgan fingerprint density at radius 1 is 0.952 bits per heavy atom. The van der Waals surface area contributed by atoms with E-state index in [-0.39, 0.29) is 5.56 Å². The standard InChI is InChI=1S/C18H24N2O/c21-18-3-1-2-16-15-7-13(10-20(16)18)9-19(11-15)17-8-12-4-5-14(17)6-12/h1-3,12-15,17H,4-11H2/t12-,13-,14-,15+,17-/m1/s1. The number of piperidine rings is 1. The summed E-state index contributed by atoms with van der Waals surface area (Å²) in [7, 11) is 0. The maximum Gasteiger partial charge on any atom is 0.250 e. The average Bonchev–Trinajstić information content (AvgIpc) is 3.11. The van der Waals surface area contributed by atoms with Crippen molar-refractivity contribution in [3.8, 4) is 0 Å². The van der Waals surface area contributed by atoms with Crippen LogP contribution in [0.25, 0.3) is 0 Å². The Bertz CT molecular complexity index is 622. The monoisotopic (exact) mass is 284 g/mol. The number of rotatable bonds is 1. The third-order valence-electron chi connectivity index (χ3n) is 6.68. The number of pyridine rings is 1. The van der Waals surface area contributed by atoms with Crippen LogP contribution in [0.15, 0.2) is 23.0 Å². The molecule has 0 unspecified atom stereocenters. The van der Waals surface area contributed by atoms with Gasteiger partial charge in [-0.05, 0) is 49.5 Å². The van der Waals surface area contributed by atoms with Gasteiger partial charge in [-0.1, -0.05) is 12.5 Å². The Labute approximate surface area is 126 Å². The first-order valence-corrected chi connectivity index (χ1v) is 8.71. The molecular weight excluding hydrogens is 260 g/mol. The average molecular weight is 284 g/mol. The predicted octanol–water partition coefficient (Wildman–Crippen LogP) is 2.46. The Balaban J connectivity index is 1.44. The second-order valence-corrected chi connectivity index (χ2v) is 7.89. The van der Waals surface area contributed by atoms with Crippen LogP contribution in [0, 0.1) is 17.8 Å². The zero-order chi connectivity index (χ0) is 14.0. The van der Waals surface area contributed by atoms with Gasteiger partial charge in [-0.25, -0.2) is 0 Å². The third-order valence-corrected chi connectivity index (χ3v) is 6.68. The molecule has 1 aromatic heterocycles. The first-order valence-electron chi connectivity index (χ1n) is 8.71. The summed E-state index contributed by atoms with van der Waals surface area (Å²) in [6.45, 7) is 3.36. The van der Waals surface area contributed by atoms with Crippen molar-refractivity contribution in [2.24, 2.45) is 17.8 Å². The smallest absolute Gasteiger partial charge is 0.250 e. The molecule has 2 aliphatic heterocycles. The van der Waals surface area contributed by atoms with Crippen molar-refractivity contribution in [1.29, 1.82) is 0 Å². The van der Waals surface area contributed by atoms with Crippen LogP contribution < -0.4 is 5.56 Å². The predicted molar refractivity (Wildman–Crippen MR) is 82.4 cm³/mol. The van der Waals surface area contributed by atoms with Gasteiger partial charge in [0.25, 0.3) is 5.56 Å². The molecule has 0 aromatic carbocycles. The van der Waals surface area contributed by atoms with Crippen molar-refractivity contribution < 1.29 is 0 Å². The van der Waals surface area contributed by atoms with Gasteiger partial charge in [0.1, 0.15) is 0 Å². The Kier molecular flexibility index (Phi) is 2.64. The van der Waals surface area contributed by atoms with Gasteiger partial charge in [0.2, 0.25) is 0 Å². The first kappa shape index (κ1) is 12.5. The fourth-order valence-electron chi connectivity index (χ4n) is 5.86. The number of hydrogen-bond donors (Lipinski definition) is 0. The molecule has 21 heavy (non-hydrogen) atoms. The van der Waals surface area contributed by atoms with Crippen LogP contribution in [0.4, 0.5) is 0 Å². The Hall–Kier alpha value is -1.09. The van der Waals surface area contributed by atoms with Crippen LogP contribution >= 0.6 is 0 Å². The van der Waals surface area contributed by atoms with Crippen molar-refractivity contribution in [2.75, 3.05) is 13.1 Å². The van der Waals surface area contributed by atoms with Crippen LogP contribution in [0.2, 0.25) is 0 Å². The van der Waals surface area contributed by atoms with Crippen LogP contribution in [-0.2, 0) is 6.54 Å². The molecule has 5 rings (SSSR count). The first-order chi connectivity index (χ1) is 10.3. The molecule has 4 aliphatic rings. The Morgan fingerprint density at radius 2 is 1.90 bits per heavy atom. The van der Waals surface area contributed by atoms with E-state index in [0.29, 0.717) is 11.8 Å². The maximum absolute atomic E-state index is 12.1. The van der Waals surface area contributed by atoms with Gasteiger partial charge in [0.15, 0.2) is 0 Å². The van der Waals surface area contributed by atoms with E-state index in [1.165, 1.54) is 50.9 Å². The highest BCUT2D eigenvalue weighted by Crippen LogP contribution is 2.48.